The molecule has 3 heterocycles. The largest absolute Gasteiger partial charge is 0.392 e. The van der Waals surface area contributed by atoms with E-state index in [0.717, 1.165) is 19.4 Å². The van der Waals surface area contributed by atoms with Crippen molar-refractivity contribution in [3.63, 3.8) is 0 Å². The van der Waals surface area contributed by atoms with E-state index in [0.29, 0.717) is 17.2 Å². The van der Waals surface area contributed by atoms with Crippen LogP contribution >= 0.6 is 0 Å². The predicted molar refractivity (Wildman–Crippen MR) is 85.4 cm³/mol. The van der Waals surface area contributed by atoms with Crippen LogP contribution in [0.25, 0.3) is 5.65 Å². The molecule has 0 saturated carbocycles. The third-order valence-corrected chi connectivity index (χ3v) is 3.89. The van der Waals surface area contributed by atoms with Gasteiger partial charge in [0.15, 0.2) is 5.65 Å². The van der Waals surface area contributed by atoms with Crippen LogP contribution in [0.4, 0.5) is 5.95 Å². The number of carbonyl (C=O) groups excluding carboxylic acids is 1. The summed E-state index contributed by atoms with van der Waals surface area (Å²) in [4.78, 5) is 23.1. The van der Waals surface area contributed by atoms with Crippen LogP contribution < -0.4 is 10.2 Å². The maximum Gasteiger partial charge on any atom is 0.256 e. The van der Waals surface area contributed by atoms with E-state index in [1.54, 1.807) is 13.3 Å². The topological polar surface area (TPSA) is 95.7 Å². The zero-order valence-electron chi connectivity index (χ0n) is 13.0. The van der Waals surface area contributed by atoms with Gasteiger partial charge < -0.3 is 15.3 Å². The molecule has 1 saturated heterocycles. The molecule has 122 valence electrons. The van der Waals surface area contributed by atoms with Gasteiger partial charge in [0.2, 0.25) is 5.95 Å². The number of nitrogens with one attached hydrogen (secondary N) is 1. The van der Waals surface area contributed by atoms with Gasteiger partial charge in [-0.15, -0.1) is 6.58 Å². The second-order valence-corrected chi connectivity index (χ2v) is 5.68. The molecule has 2 atom stereocenters. The molecule has 1 amide bonds. The molecular weight excluding hydrogens is 296 g/mol. The molecule has 0 aliphatic carbocycles. The molecule has 2 N–H and O–H groups in total. The van der Waals surface area contributed by atoms with Crippen LogP contribution in [0.3, 0.4) is 0 Å². The van der Waals surface area contributed by atoms with Crippen molar-refractivity contribution in [3.05, 3.63) is 30.7 Å². The molecule has 1 aliphatic heterocycles. The highest BCUT2D eigenvalue weighted by Gasteiger charge is 2.25. The molecule has 2 aromatic rings. The van der Waals surface area contributed by atoms with Gasteiger partial charge in [0.1, 0.15) is 11.9 Å². The van der Waals surface area contributed by atoms with E-state index in [9.17, 15) is 9.90 Å². The highest BCUT2D eigenvalue weighted by molar-refractivity contribution is 5.99. The maximum absolute atomic E-state index is 12.2. The number of aliphatic hydroxyl groups excluding tert-OH is 1. The van der Waals surface area contributed by atoms with Gasteiger partial charge >= 0.3 is 0 Å². The molecule has 0 unspecified atom stereocenters. The molecule has 8 nitrogen and oxygen atoms in total. The van der Waals surface area contributed by atoms with E-state index in [1.807, 2.05) is 6.08 Å². The summed E-state index contributed by atoms with van der Waals surface area (Å²) in [5.74, 6) is 0.261. The van der Waals surface area contributed by atoms with Crippen molar-refractivity contribution < 1.29 is 9.90 Å². The average molecular weight is 316 g/mol. The molecule has 0 bridgehead atoms. The van der Waals surface area contributed by atoms with Crippen molar-refractivity contribution in [1.82, 2.24) is 24.9 Å². The van der Waals surface area contributed by atoms with Crippen LogP contribution in [-0.2, 0) is 0 Å². The number of hydrogen-bond acceptors (Lipinski definition) is 6. The number of aromatic nitrogens is 4. The number of aliphatic hydroxyl groups is 1. The van der Waals surface area contributed by atoms with Gasteiger partial charge in [-0.05, 0) is 19.8 Å². The third-order valence-electron chi connectivity index (χ3n) is 3.89. The Bertz CT molecular complexity index is 726. The normalized spacial score (nSPS) is 19.0. The van der Waals surface area contributed by atoms with Crippen molar-refractivity contribution in [1.29, 1.82) is 0 Å². The lowest BCUT2D eigenvalue weighted by atomic mass is 10.2. The summed E-state index contributed by atoms with van der Waals surface area (Å²) in [5.41, 5.74) is 0.816. The first-order valence-corrected chi connectivity index (χ1v) is 7.66. The van der Waals surface area contributed by atoms with Gasteiger partial charge in [-0.25, -0.2) is 9.50 Å². The predicted octanol–water partition coefficient (Wildman–Crippen LogP) is 0.390. The summed E-state index contributed by atoms with van der Waals surface area (Å²) in [5, 5.41) is 16.0. The number of fused-ring (bicyclic) bond motifs is 1. The van der Waals surface area contributed by atoms with E-state index in [1.165, 1.54) is 10.7 Å². The molecule has 3 rings (SSSR count). The summed E-state index contributed by atoms with van der Waals surface area (Å²) in [6.07, 6.45) is 6.39. The second kappa shape index (κ2) is 6.33. The van der Waals surface area contributed by atoms with Crippen LogP contribution in [0.5, 0.6) is 0 Å². The minimum Gasteiger partial charge on any atom is -0.392 e. The zero-order valence-corrected chi connectivity index (χ0v) is 13.0. The SMILES string of the molecule is C=C[C@H]1CCCN1c1ncn2ncc(C(=O)NC[C@@H](C)O)c2n1. The van der Waals surface area contributed by atoms with Gasteiger partial charge in [0, 0.05) is 19.1 Å². The van der Waals surface area contributed by atoms with E-state index in [2.05, 4.69) is 31.9 Å². The number of nitrogens with zero attached hydrogens (tertiary/aromatic N) is 5. The molecule has 0 radical (unpaired) electrons. The van der Waals surface area contributed by atoms with E-state index in [-0.39, 0.29) is 18.5 Å². The number of carbonyl (C=O) groups is 1. The van der Waals surface area contributed by atoms with Crippen molar-refractivity contribution in [2.45, 2.75) is 31.9 Å². The minimum atomic E-state index is -0.607. The van der Waals surface area contributed by atoms with Crippen LogP contribution in [0.1, 0.15) is 30.1 Å². The number of hydrogen-bond donors (Lipinski definition) is 2. The molecule has 23 heavy (non-hydrogen) atoms. The fraction of sp³-hybridized carbons (Fsp3) is 0.467. The highest BCUT2D eigenvalue weighted by Crippen LogP contribution is 2.23. The molecule has 1 fully saturated rings. The van der Waals surface area contributed by atoms with Crippen molar-refractivity contribution in [2.75, 3.05) is 18.0 Å². The standard InChI is InChI=1S/C15H20N6O2/c1-3-11-5-4-6-20(11)15-17-9-21-13(19-15)12(8-18-21)14(23)16-7-10(2)22/h3,8-11,22H,1,4-7H2,2H3,(H,16,23)/t10-,11+/m1/s1. The van der Waals surface area contributed by atoms with Gasteiger partial charge in [-0.1, -0.05) is 6.08 Å². The Hall–Kier alpha value is -2.48. The molecule has 8 heteroatoms. The third kappa shape index (κ3) is 3.02. The first kappa shape index (κ1) is 15.4. The van der Waals surface area contributed by atoms with E-state index < -0.39 is 6.10 Å². The van der Waals surface area contributed by atoms with Gasteiger partial charge in [-0.2, -0.15) is 10.1 Å². The van der Waals surface area contributed by atoms with Gasteiger partial charge in [0.25, 0.3) is 5.91 Å². The monoisotopic (exact) mass is 316 g/mol. The van der Waals surface area contributed by atoms with Crippen molar-refractivity contribution in [2.24, 2.45) is 0 Å². The van der Waals surface area contributed by atoms with Crippen molar-refractivity contribution >= 4 is 17.5 Å². The Labute approximate surface area is 133 Å². The average Bonchev–Trinajstić information content (AvgIpc) is 3.18. The minimum absolute atomic E-state index is 0.179. The molecule has 1 aliphatic rings. The molecule has 0 aromatic carbocycles. The summed E-state index contributed by atoms with van der Waals surface area (Å²) < 4.78 is 1.47. The Balaban J connectivity index is 1.91. The van der Waals surface area contributed by atoms with Crippen LogP contribution in [-0.4, -0.2) is 55.8 Å². The first-order valence-electron chi connectivity index (χ1n) is 7.66. The number of rotatable bonds is 5. The Morgan fingerprint density at radius 3 is 3.22 bits per heavy atom. The Morgan fingerprint density at radius 1 is 1.65 bits per heavy atom. The Morgan fingerprint density at radius 2 is 2.48 bits per heavy atom. The maximum atomic E-state index is 12.2. The fourth-order valence-corrected chi connectivity index (χ4v) is 2.70. The van der Waals surface area contributed by atoms with Crippen molar-refractivity contribution in [3.8, 4) is 0 Å². The van der Waals surface area contributed by atoms with Crippen LogP contribution in [0.2, 0.25) is 0 Å². The quantitative estimate of drug-likeness (QED) is 0.775. The summed E-state index contributed by atoms with van der Waals surface area (Å²) >= 11 is 0. The Kier molecular flexibility index (Phi) is 4.24. The van der Waals surface area contributed by atoms with Crippen LogP contribution in [0.15, 0.2) is 25.2 Å². The zero-order chi connectivity index (χ0) is 16.4. The lowest BCUT2D eigenvalue weighted by Crippen LogP contribution is -2.31. The molecule has 2 aromatic heterocycles. The fourth-order valence-electron chi connectivity index (χ4n) is 2.70. The molecule has 0 spiro atoms. The number of amides is 1. The first-order chi connectivity index (χ1) is 11.1. The van der Waals surface area contributed by atoms with E-state index in [4.69, 9.17) is 0 Å². The lowest BCUT2D eigenvalue weighted by molar-refractivity contribution is 0.0925. The number of anilines is 1. The smallest absolute Gasteiger partial charge is 0.256 e. The summed E-state index contributed by atoms with van der Waals surface area (Å²) in [7, 11) is 0. The van der Waals surface area contributed by atoms with Gasteiger partial charge in [0.05, 0.1) is 12.3 Å². The highest BCUT2D eigenvalue weighted by atomic mass is 16.3. The summed E-state index contributed by atoms with van der Waals surface area (Å²) in [6.45, 7) is 6.51. The van der Waals surface area contributed by atoms with Crippen LogP contribution in [0, 0.1) is 0 Å². The van der Waals surface area contributed by atoms with E-state index >= 15 is 0 Å². The lowest BCUT2D eigenvalue weighted by Gasteiger charge is -2.21. The molecular formula is C15H20N6O2. The second-order valence-electron chi connectivity index (χ2n) is 5.68. The summed E-state index contributed by atoms with van der Waals surface area (Å²) in [6, 6.07) is 0.216. The van der Waals surface area contributed by atoms with Gasteiger partial charge in [-0.3, -0.25) is 4.79 Å².